The molecule has 4 nitrogen and oxygen atoms in total. The maximum Gasteiger partial charge on any atom is 0.407 e. The van der Waals surface area contributed by atoms with Gasteiger partial charge >= 0.3 is 6.09 Å². The third-order valence-electron chi connectivity index (χ3n) is 3.38. The van der Waals surface area contributed by atoms with Gasteiger partial charge in [0, 0.05) is 18.6 Å². The van der Waals surface area contributed by atoms with Crippen LogP contribution in [0.25, 0.3) is 0 Å². The molecule has 1 aromatic carbocycles. The van der Waals surface area contributed by atoms with E-state index in [1.54, 1.807) is 12.1 Å². The van der Waals surface area contributed by atoms with E-state index in [0.717, 1.165) is 18.4 Å². The van der Waals surface area contributed by atoms with Crippen molar-refractivity contribution in [2.75, 3.05) is 6.54 Å². The van der Waals surface area contributed by atoms with Crippen molar-refractivity contribution in [3.05, 3.63) is 35.6 Å². The predicted molar refractivity (Wildman–Crippen MR) is 91.0 cm³/mol. The SMILES string of the molecule is CCC(CNC(C)Cc1ccc(F)cc1)NC(=O)OC(C)(C)C. The lowest BCUT2D eigenvalue weighted by Crippen LogP contribution is -2.46. The highest BCUT2D eigenvalue weighted by Gasteiger charge is 2.19. The van der Waals surface area contributed by atoms with Crippen molar-refractivity contribution >= 4 is 6.09 Å². The molecule has 0 saturated carbocycles. The molecule has 2 atom stereocenters. The van der Waals surface area contributed by atoms with Gasteiger partial charge < -0.3 is 15.4 Å². The number of halogens is 1. The fraction of sp³-hybridized carbons (Fsp3) is 0.611. The number of ether oxygens (including phenoxy) is 1. The lowest BCUT2D eigenvalue weighted by Gasteiger charge is -2.24. The Kier molecular flexibility index (Phi) is 7.49. The largest absolute Gasteiger partial charge is 0.444 e. The Bertz CT molecular complexity index is 483. The van der Waals surface area contributed by atoms with E-state index in [1.807, 2.05) is 27.7 Å². The van der Waals surface area contributed by atoms with E-state index in [1.165, 1.54) is 12.1 Å². The van der Waals surface area contributed by atoms with Gasteiger partial charge in [-0.2, -0.15) is 0 Å². The van der Waals surface area contributed by atoms with Crippen LogP contribution in [0.4, 0.5) is 9.18 Å². The highest BCUT2D eigenvalue weighted by molar-refractivity contribution is 5.68. The zero-order valence-corrected chi connectivity index (χ0v) is 14.8. The molecule has 0 aliphatic rings. The fourth-order valence-electron chi connectivity index (χ4n) is 2.16. The summed E-state index contributed by atoms with van der Waals surface area (Å²) in [7, 11) is 0. The van der Waals surface area contributed by atoms with Gasteiger partial charge in [0.25, 0.3) is 0 Å². The summed E-state index contributed by atoms with van der Waals surface area (Å²) < 4.78 is 18.2. The Morgan fingerprint density at radius 3 is 2.39 bits per heavy atom. The summed E-state index contributed by atoms with van der Waals surface area (Å²) in [6.45, 7) is 10.3. The van der Waals surface area contributed by atoms with E-state index in [0.29, 0.717) is 6.54 Å². The molecule has 0 heterocycles. The fourth-order valence-corrected chi connectivity index (χ4v) is 2.16. The van der Waals surface area contributed by atoms with Gasteiger partial charge in [-0.25, -0.2) is 9.18 Å². The van der Waals surface area contributed by atoms with E-state index in [9.17, 15) is 9.18 Å². The Hall–Kier alpha value is -1.62. The molecule has 5 heteroatoms. The second-order valence-corrected chi connectivity index (χ2v) is 6.89. The van der Waals surface area contributed by atoms with Gasteiger partial charge in [-0.3, -0.25) is 0 Å². The monoisotopic (exact) mass is 324 g/mol. The van der Waals surface area contributed by atoms with Gasteiger partial charge in [0.05, 0.1) is 0 Å². The van der Waals surface area contributed by atoms with E-state index < -0.39 is 11.7 Å². The first kappa shape index (κ1) is 19.4. The number of benzene rings is 1. The molecule has 0 spiro atoms. The minimum atomic E-state index is -0.494. The van der Waals surface area contributed by atoms with Crippen LogP contribution in [-0.4, -0.2) is 30.3 Å². The van der Waals surface area contributed by atoms with Crippen molar-refractivity contribution in [3.63, 3.8) is 0 Å². The van der Waals surface area contributed by atoms with Gasteiger partial charge in [-0.15, -0.1) is 0 Å². The lowest BCUT2D eigenvalue weighted by atomic mass is 10.1. The molecule has 0 aliphatic carbocycles. The van der Waals surface area contributed by atoms with Crippen LogP contribution in [0.3, 0.4) is 0 Å². The molecule has 0 saturated heterocycles. The molecule has 1 amide bonds. The standard InChI is InChI=1S/C18H29FN2O2/c1-6-16(21-17(22)23-18(3,4)5)12-20-13(2)11-14-7-9-15(19)10-8-14/h7-10,13,16,20H,6,11-12H2,1-5H3,(H,21,22). The van der Waals surface area contributed by atoms with Crippen LogP contribution >= 0.6 is 0 Å². The second kappa shape index (κ2) is 8.87. The van der Waals surface area contributed by atoms with Crippen molar-refractivity contribution < 1.29 is 13.9 Å². The van der Waals surface area contributed by atoms with Gasteiger partial charge in [0.1, 0.15) is 11.4 Å². The molecule has 0 fully saturated rings. The van der Waals surface area contributed by atoms with Crippen LogP contribution in [0.2, 0.25) is 0 Å². The molecule has 2 N–H and O–H groups in total. The van der Waals surface area contributed by atoms with Crippen LogP contribution < -0.4 is 10.6 Å². The zero-order chi connectivity index (χ0) is 17.5. The number of rotatable bonds is 7. The van der Waals surface area contributed by atoms with E-state index >= 15 is 0 Å². The first-order chi connectivity index (χ1) is 10.7. The summed E-state index contributed by atoms with van der Waals surface area (Å²) in [5.41, 5.74) is 0.589. The van der Waals surface area contributed by atoms with Crippen LogP contribution in [0.15, 0.2) is 24.3 Å². The minimum absolute atomic E-state index is 0.0144. The van der Waals surface area contributed by atoms with Crippen LogP contribution in [0, 0.1) is 5.82 Å². The van der Waals surface area contributed by atoms with Crippen molar-refractivity contribution in [3.8, 4) is 0 Å². The highest BCUT2D eigenvalue weighted by Crippen LogP contribution is 2.08. The average Bonchev–Trinajstić information content (AvgIpc) is 2.44. The third kappa shape index (κ3) is 8.55. The van der Waals surface area contributed by atoms with Crippen molar-refractivity contribution in [1.82, 2.24) is 10.6 Å². The quantitative estimate of drug-likeness (QED) is 0.805. The van der Waals surface area contributed by atoms with Crippen molar-refractivity contribution in [2.45, 2.75) is 65.1 Å². The molecule has 1 rings (SSSR count). The van der Waals surface area contributed by atoms with Crippen LogP contribution in [0.5, 0.6) is 0 Å². The van der Waals surface area contributed by atoms with Crippen molar-refractivity contribution in [2.24, 2.45) is 0 Å². The number of hydrogen-bond donors (Lipinski definition) is 2. The Labute approximate surface area is 138 Å². The summed E-state index contributed by atoms with van der Waals surface area (Å²) >= 11 is 0. The van der Waals surface area contributed by atoms with Crippen LogP contribution in [-0.2, 0) is 11.2 Å². The smallest absolute Gasteiger partial charge is 0.407 e. The normalized spacial score (nSPS) is 14.2. The Balaban J connectivity index is 2.38. The molecule has 1 aromatic rings. The number of nitrogens with one attached hydrogen (secondary N) is 2. The molecule has 23 heavy (non-hydrogen) atoms. The summed E-state index contributed by atoms with van der Waals surface area (Å²) in [4.78, 5) is 11.8. The molecule has 2 unspecified atom stereocenters. The number of carbonyl (C=O) groups excluding carboxylic acids is 1. The van der Waals surface area contributed by atoms with Crippen molar-refractivity contribution in [1.29, 1.82) is 0 Å². The van der Waals surface area contributed by atoms with Gasteiger partial charge in [-0.1, -0.05) is 19.1 Å². The molecular formula is C18H29FN2O2. The van der Waals surface area contributed by atoms with Crippen LogP contribution in [0.1, 0.15) is 46.6 Å². The Morgan fingerprint density at radius 2 is 1.87 bits per heavy atom. The molecule has 130 valence electrons. The average molecular weight is 324 g/mol. The summed E-state index contributed by atoms with van der Waals surface area (Å²) in [5, 5.41) is 6.28. The molecule has 0 aliphatic heterocycles. The number of amides is 1. The van der Waals surface area contributed by atoms with E-state index in [2.05, 4.69) is 17.6 Å². The molecule has 0 aromatic heterocycles. The summed E-state index contributed by atoms with van der Waals surface area (Å²) in [5.74, 6) is -0.220. The second-order valence-electron chi connectivity index (χ2n) is 6.89. The zero-order valence-electron chi connectivity index (χ0n) is 14.8. The maximum absolute atomic E-state index is 12.9. The van der Waals surface area contributed by atoms with Gasteiger partial charge in [0.2, 0.25) is 0 Å². The third-order valence-corrected chi connectivity index (χ3v) is 3.38. The first-order valence-corrected chi connectivity index (χ1v) is 8.17. The molecular weight excluding hydrogens is 295 g/mol. The molecule has 0 radical (unpaired) electrons. The maximum atomic E-state index is 12.9. The first-order valence-electron chi connectivity index (χ1n) is 8.17. The topological polar surface area (TPSA) is 50.4 Å². The van der Waals surface area contributed by atoms with E-state index in [-0.39, 0.29) is 17.9 Å². The minimum Gasteiger partial charge on any atom is -0.444 e. The lowest BCUT2D eigenvalue weighted by molar-refractivity contribution is 0.0502. The Morgan fingerprint density at radius 1 is 1.26 bits per heavy atom. The predicted octanol–water partition coefficient (Wildman–Crippen LogP) is 3.65. The summed E-state index contributed by atoms with van der Waals surface area (Å²) in [6.07, 6.45) is 1.23. The highest BCUT2D eigenvalue weighted by atomic mass is 19.1. The summed E-state index contributed by atoms with van der Waals surface area (Å²) in [6, 6.07) is 6.78. The molecule has 0 bridgehead atoms. The number of carbonyl (C=O) groups is 1. The van der Waals surface area contributed by atoms with E-state index in [4.69, 9.17) is 4.74 Å². The van der Waals surface area contributed by atoms with Gasteiger partial charge in [0.15, 0.2) is 0 Å². The number of alkyl carbamates (subject to hydrolysis) is 1. The number of hydrogen-bond acceptors (Lipinski definition) is 3. The van der Waals surface area contributed by atoms with Gasteiger partial charge in [-0.05, 0) is 58.2 Å².